The van der Waals surface area contributed by atoms with Gasteiger partial charge in [0.1, 0.15) is 4.21 Å². The monoisotopic (exact) mass is 426 g/mol. The number of piperazine rings is 1. The smallest absolute Gasteiger partial charge is 0.252 e. The van der Waals surface area contributed by atoms with E-state index in [0.717, 1.165) is 3.79 Å². The molecule has 1 N–H and O–H groups in total. The zero-order valence-corrected chi connectivity index (χ0v) is 16.5. The summed E-state index contributed by atoms with van der Waals surface area (Å²) in [6.45, 7) is 6.78. The van der Waals surface area contributed by atoms with Crippen LogP contribution in [0.1, 0.15) is 13.8 Å². The molecule has 1 aliphatic rings. The summed E-state index contributed by atoms with van der Waals surface area (Å²) in [5, 5.41) is 9.95. The van der Waals surface area contributed by atoms with Crippen LogP contribution >= 0.6 is 27.3 Å². The van der Waals surface area contributed by atoms with Gasteiger partial charge in [0.25, 0.3) is 10.0 Å². The van der Waals surface area contributed by atoms with Gasteiger partial charge >= 0.3 is 0 Å². The SMILES string of the molecule is CC(C)OCC(O)CN1CCN(S(=O)(=O)c2ccc(Br)s2)CC1. The number of β-amino-alcohol motifs (C(OH)–C–C–N with tert-alkyl or cyclic N) is 1. The summed E-state index contributed by atoms with van der Waals surface area (Å²) < 4.78 is 33.1. The minimum Gasteiger partial charge on any atom is -0.389 e. The van der Waals surface area contributed by atoms with Crippen molar-refractivity contribution in [3.8, 4) is 0 Å². The van der Waals surface area contributed by atoms with E-state index in [0.29, 0.717) is 43.5 Å². The number of rotatable bonds is 7. The molecule has 0 saturated carbocycles. The van der Waals surface area contributed by atoms with E-state index in [2.05, 4.69) is 20.8 Å². The van der Waals surface area contributed by atoms with Crippen LogP contribution in [0, 0.1) is 0 Å². The van der Waals surface area contributed by atoms with Crippen LogP contribution in [0.3, 0.4) is 0 Å². The quantitative estimate of drug-likeness (QED) is 0.716. The first-order chi connectivity index (χ1) is 10.8. The van der Waals surface area contributed by atoms with Gasteiger partial charge in [-0.15, -0.1) is 11.3 Å². The van der Waals surface area contributed by atoms with Crippen molar-refractivity contribution in [1.29, 1.82) is 0 Å². The third kappa shape index (κ3) is 5.48. The maximum atomic E-state index is 12.5. The number of thiophene rings is 1. The molecule has 1 unspecified atom stereocenters. The first-order valence-electron chi connectivity index (χ1n) is 7.56. The number of hydrogen-bond donors (Lipinski definition) is 1. The third-order valence-electron chi connectivity index (χ3n) is 3.56. The molecule has 1 atom stereocenters. The second-order valence-corrected chi connectivity index (χ2v) is 10.4. The zero-order chi connectivity index (χ0) is 17.0. The van der Waals surface area contributed by atoms with Crippen molar-refractivity contribution in [2.75, 3.05) is 39.3 Å². The van der Waals surface area contributed by atoms with E-state index in [1.54, 1.807) is 12.1 Å². The Balaban J connectivity index is 1.84. The molecular formula is C14H23BrN2O4S2. The molecule has 0 bridgehead atoms. The van der Waals surface area contributed by atoms with Crippen molar-refractivity contribution in [1.82, 2.24) is 9.21 Å². The average Bonchev–Trinajstić information content (AvgIpc) is 2.93. The highest BCUT2D eigenvalue weighted by Crippen LogP contribution is 2.28. The normalized spacial score (nSPS) is 19.3. The molecule has 132 valence electrons. The summed E-state index contributed by atoms with van der Waals surface area (Å²) in [6.07, 6.45) is -0.453. The Bertz CT molecular complexity index is 598. The highest BCUT2D eigenvalue weighted by atomic mass is 79.9. The molecule has 1 aromatic heterocycles. The fraction of sp³-hybridized carbons (Fsp3) is 0.714. The molecule has 0 spiro atoms. The van der Waals surface area contributed by atoms with Crippen molar-refractivity contribution in [2.45, 2.75) is 30.3 Å². The summed E-state index contributed by atoms with van der Waals surface area (Å²) in [6, 6.07) is 3.38. The van der Waals surface area contributed by atoms with E-state index in [9.17, 15) is 13.5 Å². The Hall–Kier alpha value is -0.0300. The fourth-order valence-electron chi connectivity index (χ4n) is 2.37. The number of sulfonamides is 1. The predicted octanol–water partition coefficient (Wildman–Crippen LogP) is 1.60. The van der Waals surface area contributed by atoms with Crippen LogP contribution in [0.5, 0.6) is 0 Å². The van der Waals surface area contributed by atoms with Gasteiger partial charge in [0.15, 0.2) is 0 Å². The first-order valence-corrected chi connectivity index (χ1v) is 10.6. The van der Waals surface area contributed by atoms with Crippen LogP contribution in [-0.2, 0) is 14.8 Å². The number of aliphatic hydroxyl groups excluding tert-OH is 1. The van der Waals surface area contributed by atoms with E-state index in [4.69, 9.17) is 4.74 Å². The van der Waals surface area contributed by atoms with Gasteiger partial charge in [-0.1, -0.05) is 0 Å². The molecule has 0 aromatic carbocycles. The summed E-state index contributed by atoms with van der Waals surface area (Å²) in [4.78, 5) is 2.07. The molecule has 0 amide bonds. The van der Waals surface area contributed by atoms with Gasteiger partial charge in [-0.25, -0.2) is 8.42 Å². The van der Waals surface area contributed by atoms with Crippen molar-refractivity contribution >= 4 is 37.3 Å². The van der Waals surface area contributed by atoms with Gasteiger partial charge in [0.2, 0.25) is 0 Å². The minimum absolute atomic E-state index is 0.0942. The van der Waals surface area contributed by atoms with Crippen LogP contribution in [0.15, 0.2) is 20.1 Å². The summed E-state index contributed by atoms with van der Waals surface area (Å²) in [7, 11) is -3.41. The van der Waals surface area contributed by atoms with Gasteiger partial charge in [0.05, 0.1) is 22.6 Å². The largest absolute Gasteiger partial charge is 0.389 e. The molecule has 1 saturated heterocycles. The number of hydrogen-bond acceptors (Lipinski definition) is 6. The molecule has 9 heteroatoms. The molecule has 1 fully saturated rings. The van der Waals surface area contributed by atoms with Gasteiger partial charge in [-0.05, 0) is 41.9 Å². The minimum atomic E-state index is -3.41. The van der Waals surface area contributed by atoms with Crippen LogP contribution in [0.2, 0.25) is 0 Å². The molecule has 0 aliphatic carbocycles. The lowest BCUT2D eigenvalue weighted by molar-refractivity contribution is -0.0117. The van der Waals surface area contributed by atoms with Gasteiger partial charge in [-0.2, -0.15) is 4.31 Å². The van der Waals surface area contributed by atoms with E-state index in [1.807, 2.05) is 13.8 Å². The van der Waals surface area contributed by atoms with Gasteiger partial charge < -0.3 is 9.84 Å². The lowest BCUT2D eigenvalue weighted by Crippen LogP contribution is -2.50. The van der Waals surface area contributed by atoms with E-state index < -0.39 is 16.1 Å². The molecule has 1 aliphatic heterocycles. The van der Waals surface area contributed by atoms with Crippen molar-refractivity contribution < 1.29 is 18.3 Å². The van der Waals surface area contributed by atoms with E-state index >= 15 is 0 Å². The first kappa shape index (κ1) is 19.3. The second kappa shape index (κ2) is 8.37. The number of halogens is 1. The Kier molecular flexibility index (Phi) is 7.02. The molecule has 2 rings (SSSR count). The highest BCUT2D eigenvalue weighted by Gasteiger charge is 2.30. The van der Waals surface area contributed by atoms with E-state index in [1.165, 1.54) is 15.6 Å². The number of nitrogens with zero attached hydrogens (tertiary/aromatic N) is 2. The Morgan fingerprint density at radius 1 is 1.30 bits per heavy atom. The molecule has 23 heavy (non-hydrogen) atoms. The zero-order valence-electron chi connectivity index (χ0n) is 13.3. The standard InChI is InChI=1S/C14H23BrN2O4S2/c1-11(2)21-10-12(18)9-16-5-7-17(8-6-16)23(19,20)14-4-3-13(15)22-14/h3-4,11-12,18H,5-10H2,1-2H3. The summed E-state index contributed by atoms with van der Waals surface area (Å²) in [5.41, 5.74) is 0. The third-order valence-corrected chi connectivity index (χ3v) is 7.55. The maximum Gasteiger partial charge on any atom is 0.252 e. The predicted molar refractivity (Wildman–Crippen MR) is 94.3 cm³/mol. The Morgan fingerprint density at radius 2 is 1.96 bits per heavy atom. The van der Waals surface area contributed by atoms with Crippen LogP contribution in [0.4, 0.5) is 0 Å². The Morgan fingerprint density at radius 3 is 2.48 bits per heavy atom. The Labute approximate surface area is 150 Å². The molecule has 1 aromatic rings. The molecule has 0 radical (unpaired) electrons. The average molecular weight is 427 g/mol. The molecule has 6 nitrogen and oxygen atoms in total. The lowest BCUT2D eigenvalue weighted by atomic mass is 10.3. The number of ether oxygens (including phenoxy) is 1. The van der Waals surface area contributed by atoms with Crippen LogP contribution < -0.4 is 0 Å². The summed E-state index contributed by atoms with van der Waals surface area (Å²) in [5.74, 6) is 0. The van der Waals surface area contributed by atoms with E-state index in [-0.39, 0.29) is 6.10 Å². The van der Waals surface area contributed by atoms with Crippen molar-refractivity contribution in [2.24, 2.45) is 0 Å². The van der Waals surface area contributed by atoms with Gasteiger partial charge in [-0.3, -0.25) is 4.90 Å². The van der Waals surface area contributed by atoms with Crippen LogP contribution in [-0.4, -0.2) is 74.3 Å². The lowest BCUT2D eigenvalue weighted by Gasteiger charge is -2.34. The topological polar surface area (TPSA) is 70.1 Å². The molecule has 2 heterocycles. The molecular weight excluding hydrogens is 404 g/mol. The summed E-state index contributed by atoms with van der Waals surface area (Å²) >= 11 is 4.52. The van der Waals surface area contributed by atoms with Crippen molar-refractivity contribution in [3.05, 3.63) is 15.9 Å². The van der Waals surface area contributed by atoms with Gasteiger partial charge in [0, 0.05) is 32.7 Å². The maximum absolute atomic E-state index is 12.5. The van der Waals surface area contributed by atoms with Crippen LogP contribution in [0.25, 0.3) is 0 Å². The highest BCUT2D eigenvalue weighted by molar-refractivity contribution is 9.11. The number of aliphatic hydroxyl groups is 1. The second-order valence-electron chi connectivity index (χ2n) is 5.80. The van der Waals surface area contributed by atoms with Crippen molar-refractivity contribution in [3.63, 3.8) is 0 Å². The fourth-order valence-corrected chi connectivity index (χ4v) is 5.96.